The van der Waals surface area contributed by atoms with Crippen LogP contribution in [-0.4, -0.2) is 40.7 Å². The molecule has 1 aliphatic rings. The first-order valence-corrected chi connectivity index (χ1v) is 7.10. The summed E-state index contributed by atoms with van der Waals surface area (Å²) in [5.74, 6) is 0.515. The highest BCUT2D eigenvalue weighted by atomic mass is 16.6. The third-order valence-electron chi connectivity index (χ3n) is 3.42. The smallest absolute Gasteiger partial charge is 0.407 e. The van der Waals surface area contributed by atoms with Gasteiger partial charge < -0.3 is 20.3 Å². The Morgan fingerprint density at radius 1 is 1.37 bits per heavy atom. The summed E-state index contributed by atoms with van der Waals surface area (Å²) in [7, 11) is 0. The van der Waals surface area contributed by atoms with Gasteiger partial charge in [-0.2, -0.15) is 0 Å². The van der Waals surface area contributed by atoms with Crippen LogP contribution >= 0.6 is 0 Å². The van der Waals surface area contributed by atoms with Crippen molar-refractivity contribution in [1.82, 2.24) is 5.32 Å². The molecule has 1 saturated carbocycles. The van der Waals surface area contributed by atoms with Crippen LogP contribution in [0.4, 0.5) is 4.79 Å². The van der Waals surface area contributed by atoms with E-state index in [1.165, 1.54) is 12.8 Å². The fourth-order valence-corrected chi connectivity index (χ4v) is 2.50. The van der Waals surface area contributed by atoms with Gasteiger partial charge in [-0.3, -0.25) is 0 Å². The van der Waals surface area contributed by atoms with Crippen LogP contribution < -0.4 is 5.32 Å². The lowest BCUT2D eigenvalue weighted by atomic mass is 9.95. The second-order valence-electron chi connectivity index (χ2n) is 6.39. The summed E-state index contributed by atoms with van der Waals surface area (Å²) in [5, 5.41) is 21.6. The zero-order valence-corrected chi connectivity index (χ0v) is 12.2. The Balaban J connectivity index is 2.51. The number of ether oxygens (including phenoxy) is 1. The van der Waals surface area contributed by atoms with Gasteiger partial charge in [0.25, 0.3) is 0 Å². The van der Waals surface area contributed by atoms with Gasteiger partial charge in [-0.1, -0.05) is 25.7 Å². The fraction of sp³-hybridized carbons (Fsp3) is 0.929. The minimum atomic E-state index is -0.937. The van der Waals surface area contributed by atoms with E-state index in [-0.39, 0.29) is 6.61 Å². The molecular weight excluding hydrogens is 246 g/mol. The zero-order chi connectivity index (χ0) is 14.5. The molecule has 1 aliphatic carbocycles. The lowest BCUT2D eigenvalue weighted by molar-refractivity contribution is 0.0279. The number of hydrogen-bond acceptors (Lipinski definition) is 4. The molecule has 0 spiro atoms. The highest BCUT2D eigenvalue weighted by Crippen LogP contribution is 2.29. The summed E-state index contributed by atoms with van der Waals surface area (Å²) in [4.78, 5) is 11.7. The molecule has 0 aromatic heterocycles. The molecule has 3 N–H and O–H groups in total. The molecule has 1 fully saturated rings. The number of nitrogens with one attached hydrogen (secondary N) is 1. The summed E-state index contributed by atoms with van der Waals surface area (Å²) < 4.78 is 5.18. The molecule has 0 bridgehead atoms. The number of amides is 1. The standard InChI is InChI=1S/C14H27NO4/c1-14(2,3)19-13(18)15-11(12(17)9-16)8-10-6-4-5-7-10/h10-12,16-17H,4-9H2,1-3H3,(H,15,18). The number of carbonyl (C=O) groups is 1. The molecule has 0 aliphatic heterocycles. The van der Waals surface area contributed by atoms with Crippen molar-refractivity contribution in [3.8, 4) is 0 Å². The average Bonchev–Trinajstić information content (AvgIpc) is 2.77. The van der Waals surface area contributed by atoms with Gasteiger partial charge in [0.05, 0.1) is 18.8 Å². The SMILES string of the molecule is CC(C)(C)OC(=O)NC(CC1CCCC1)C(O)CO. The minimum Gasteiger partial charge on any atom is -0.444 e. The van der Waals surface area contributed by atoms with E-state index >= 15 is 0 Å². The van der Waals surface area contributed by atoms with Crippen molar-refractivity contribution in [1.29, 1.82) is 0 Å². The van der Waals surface area contributed by atoms with Crippen LogP contribution in [0.5, 0.6) is 0 Å². The molecule has 0 saturated heterocycles. The normalized spacial score (nSPS) is 20.1. The van der Waals surface area contributed by atoms with E-state index in [2.05, 4.69) is 5.32 Å². The first kappa shape index (κ1) is 16.2. The average molecular weight is 273 g/mol. The number of aliphatic hydroxyl groups is 2. The Kier molecular flexibility index (Phi) is 6.07. The van der Waals surface area contributed by atoms with E-state index in [4.69, 9.17) is 9.84 Å². The highest BCUT2D eigenvalue weighted by Gasteiger charge is 2.28. The molecular formula is C14H27NO4. The van der Waals surface area contributed by atoms with Gasteiger partial charge in [0.2, 0.25) is 0 Å². The lowest BCUT2D eigenvalue weighted by Gasteiger charge is -2.27. The number of rotatable bonds is 5. The summed E-state index contributed by atoms with van der Waals surface area (Å²) in [6.07, 6.45) is 3.89. The molecule has 1 amide bonds. The third-order valence-corrected chi connectivity index (χ3v) is 3.42. The summed E-state index contributed by atoms with van der Waals surface area (Å²) in [6.45, 7) is 5.02. The molecule has 0 heterocycles. The predicted molar refractivity (Wildman–Crippen MR) is 72.8 cm³/mol. The van der Waals surface area contributed by atoms with Crippen molar-refractivity contribution < 1.29 is 19.7 Å². The molecule has 5 heteroatoms. The fourth-order valence-electron chi connectivity index (χ4n) is 2.50. The van der Waals surface area contributed by atoms with Gasteiger partial charge in [-0.15, -0.1) is 0 Å². The van der Waals surface area contributed by atoms with Gasteiger partial charge in [-0.05, 0) is 33.1 Å². The quantitative estimate of drug-likeness (QED) is 0.714. The maximum atomic E-state index is 11.7. The largest absolute Gasteiger partial charge is 0.444 e. The second-order valence-corrected chi connectivity index (χ2v) is 6.39. The maximum Gasteiger partial charge on any atom is 0.407 e. The van der Waals surface area contributed by atoms with Gasteiger partial charge in [0.15, 0.2) is 0 Å². The van der Waals surface area contributed by atoms with Gasteiger partial charge in [-0.25, -0.2) is 4.79 Å². The zero-order valence-electron chi connectivity index (χ0n) is 12.2. The van der Waals surface area contributed by atoms with Crippen molar-refractivity contribution >= 4 is 6.09 Å². The van der Waals surface area contributed by atoms with Crippen LogP contribution in [-0.2, 0) is 4.74 Å². The van der Waals surface area contributed by atoms with Gasteiger partial charge >= 0.3 is 6.09 Å². The number of hydrogen-bond donors (Lipinski definition) is 3. The Hall–Kier alpha value is -0.810. The van der Waals surface area contributed by atoms with Crippen LogP contribution in [0.3, 0.4) is 0 Å². The maximum absolute atomic E-state index is 11.7. The molecule has 0 radical (unpaired) electrons. The van der Waals surface area contributed by atoms with Gasteiger partial charge in [0, 0.05) is 0 Å². The van der Waals surface area contributed by atoms with E-state index in [1.807, 2.05) is 0 Å². The van der Waals surface area contributed by atoms with Crippen LogP contribution in [0.1, 0.15) is 52.9 Å². The van der Waals surface area contributed by atoms with E-state index in [9.17, 15) is 9.90 Å². The molecule has 1 rings (SSSR count). The van der Waals surface area contributed by atoms with Crippen LogP contribution in [0.15, 0.2) is 0 Å². The Bertz CT molecular complexity index is 282. The van der Waals surface area contributed by atoms with Gasteiger partial charge in [0.1, 0.15) is 5.60 Å². The van der Waals surface area contributed by atoms with E-state index < -0.39 is 23.8 Å². The first-order valence-electron chi connectivity index (χ1n) is 7.10. The number of alkyl carbamates (subject to hydrolysis) is 1. The first-order chi connectivity index (χ1) is 8.81. The Morgan fingerprint density at radius 3 is 2.42 bits per heavy atom. The molecule has 5 nitrogen and oxygen atoms in total. The Labute approximate surface area is 115 Å². The van der Waals surface area contributed by atoms with Crippen LogP contribution in [0.2, 0.25) is 0 Å². The molecule has 112 valence electrons. The number of carbonyl (C=O) groups excluding carboxylic acids is 1. The highest BCUT2D eigenvalue weighted by molar-refractivity contribution is 5.68. The van der Waals surface area contributed by atoms with Crippen molar-refractivity contribution in [3.63, 3.8) is 0 Å². The van der Waals surface area contributed by atoms with E-state index in [0.29, 0.717) is 12.3 Å². The lowest BCUT2D eigenvalue weighted by Crippen LogP contribution is -2.47. The minimum absolute atomic E-state index is 0.354. The molecule has 19 heavy (non-hydrogen) atoms. The van der Waals surface area contributed by atoms with E-state index in [0.717, 1.165) is 12.8 Å². The molecule has 2 unspecified atom stereocenters. The van der Waals surface area contributed by atoms with Crippen LogP contribution in [0.25, 0.3) is 0 Å². The summed E-state index contributed by atoms with van der Waals surface area (Å²) in [6, 6.07) is -0.442. The third kappa shape index (κ3) is 6.25. The van der Waals surface area contributed by atoms with Crippen LogP contribution in [0, 0.1) is 5.92 Å². The van der Waals surface area contributed by atoms with Crippen molar-refractivity contribution in [2.45, 2.75) is 70.6 Å². The van der Waals surface area contributed by atoms with E-state index in [1.54, 1.807) is 20.8 Å². The Morgan fingerprint density at radius 2 is 1.95 bits per heavy atom. The van der Waals surface area contributed by atoms with Crippen molar-refractivity contribution in [3.05, 3.63) is 0 Å². The molecule has 0 aromatic rings. The molecule has 0 aromatic carbocycles. The monoisotopic (exact) mass is 273 g/mol. The molecule has 2 atom stereocenters. The number of aliphatic hydroxyl groups excluding tert-OH is 2. The summed E-state index contributed by atoms with van der Waals surface area (Å²) in [5.41, 5.74) is -0.563. The topological polar surface area (TPSA) is 78.8 Å². The van der Waals surface area contributed by atoms with Crippen molar-refractivity contribution in [2.24, 2.45) is 5.92 Å². The second kappa shape index (κ2) is 7.10. The summed E-state index contributed by atoms with van der Waals surface area (Å²) >= 11 is 0. The predicted octanol–water partition coefficient (Wildman–Crippen LogP) is 1.81. The van der Waals surface area contributed by atoms with Crippen molar-refractivity contribution in [2.75, 3.05) is 6.61 Å².